The number of imide groups is 1. The number of thiazole rings is 1. The number of nitrogens with zero attached hydrogens (tertiary/aromatic N) is 3. The molecule has 4 unspecified atom stereocenters. The average Bonchev–Trinajstić information content (AvgIpc) is 3.47. The number of aromatic nitrogens is 1. The number of likely N-dealkylation sites (tertiary alicyclic amines) is 1. The highest BCUT2D eigenvalue weighted by molar-refractivity contribution is 14.0. The summed E-state index contributed by atoms with van der Waals surface area (Å²) in [7, 11) is 1.72. The largest absolute Gasteiger partial charge is 0.356 e. The van der Waals surface area contributed by atoms with Gasteiger partial charge in [-0.3, -0.25) is 19.5 Å². The number of guanidine groups is 1. The molecule has 7 nitrogen and oxygen atoms in total. The molecule has 2 bridgehead atoms. The van der Waals surface area contributed by atoms with Crippen LogP contribution < -0.4 is 10.6 Å². The van der Waals surface area contributed by atoms with Crippen molar-refractivity contribution in [2.24, 2.45) is 28.7 Å². The number of aliphatic imine (C=N–C) groups is 1. The Hall–Kier alpha value is -1.49. The zero-order valence-corrected chi connectivity index (χ0v) is 20.8. The van der Waals surface area contributed by atoms with Crippen molar-refractivity contribution in [3.63, 3.8) is 0 Å². The number of hydrogen-bond donors (Lipinski definition) is 2. The Balaban J connectivity index is 0.00000256. The number of amides is 2. The summed E-state index contributed by atoms with van der Waals surface area (Å²) >= 11 is 1.70. The van der Waals surface area contributed by atoms with Crippen LogP contribution in [-0.2, 0) is 16.0 Å². The molecule has 1 saturated heterocycles. The third kappa shape index (κ3) is 4.42. The predicted octanol–water partition coefficient (Wildman–Crippen LogP) is 2.40. The van der Waals surface area contributed by atoms with E-state index < -0.39 is 0 Å². The Morgan fingerprint density at radius 2 is 1.83 bits per heavy atom. The van der Waals surface area contributed by atoms with Crippen LogP contribution in [0.3, 0.4) is 0 Å². The average molecular weight is 543 g/mol. The first-order valence-electron chi connectivity index (χ1n) is 10.4. The fourth-order valence-corrected chi connectivity index (χ4v) is 5.57. The SMILES string of the molecule is CN=C(NCCc1csc(C(C)C)n1)NCCN1C(=O)C2C3C=CC(C3)C2C1=O.I. The quantitative estimate of drug-likeness (QED) is 0.181. The third-order valence-electron chi connectivity index (χ3n) is 6.15. The third-order valence-corrected chi connectivity index (χ3v) is 7.34. The lowest BCUT2D eigenvalue weighted by Gasteiger charge is -2.18. The lowest BCUT2D eigenvalue weighted by Crippen LogP contribution is -2.44. The second-order valence-electron chi connectivity index (χ2n) is 8.34. The van der Waals surface area contributed by atoms with Crippen molar-refractivity contribution in [1.29, 1.82) is 0 Å². The minimum atomic E-state index is -0.122. The maximum Gasteiger partial charge on any atom is 0.233 e. The molecule has 1 aromatic heterocycles. The highest BCUT2D eigenvalue weighted by atomic mass is 127. The summed E-state index contributed by atoms with van der Waals surface area (Å²) in [6.45, 7) is 5.90. The van der Waals surface area contributed by atoms with E-state index >= 15 is 0 Å². The summed E-state index contributed by atoms with van der Waals surface area (Å²) in [6.07, 6.45) is 6.03. The minimum Gasteiger partial charge on any atom is -0.356 e. The molecule has 9 heteroatoms. The van der Waals surface area contributed by atoms with E-state index in [0.717, 1.165) is 30.1 Å². The van der Waals surface area contributed by atoms with Gasteiger partial charge in [-0.1, -0.05) is 26.0 Å². The van der Waals surface area contributed by atoms with E-state index in [4.69, 9.17) is 0 Å². The standard InChI is InChI=1S/C21H29N5O2S.HI/c1-12(2)18-25-15(11-29-18)6-7-23-21(22-3)24-8-9-26-19(27)16-13-4-5-14(10-13)17(16)20(26)28;/h4-5,11-14,16-17H,6-10H2,1-3H3,(H2,22,23,24);1H. The van der Waals surface area contributed by atoms with Crippen LogP contribution in [0.15, 0.2) is 22.5 Å². The van der Waals surface area contributed by atoms with Crippen LogP contribution in [0.25, 0.3) is 0 Å². The molecule has 1 saturated carbocycles. The lowest BCUT2D eigenvalue weighted by atomic mass is 9.85. The van der Waals surface area contributed by atoms with E-state index in [9.17, 15) is 9.59 Å². The fraction of sp³-hybridized carbons (Fsp3) is 0.619. The molecule has 2 amide bonds. The van der Waals surface area contributed by atoms with E-state index in [1.807, 2.05) is 0 Å². The summed E-state index contributed by atoms with van der Waals surface area (Å²) in [4.78, 5) is 35.7. The van der Waals surface area contributed by atoms with Crippen molar-refractivity contribution < 1.29 is 9.59 Å². The van der Waals surface area contributed by atoms with Gasteiger partial charge in [-0.25, -0.2) is 4.98 Å². The van der Waals surface area contributed by atoms with E-state index in [0.29, 0.717) is 25.0 Å². The van der Waals surface area contributed by atoms with Crippen molar-refractivity contribution in [2.45, 2.75) is 32.6 Å². The van der Waals surface area contributed by atoms with Gasteiger partial charge in [0.2, 0.25) is 11.8 Å². The molecule has 2 heterocycles. The summed E-state index contributed by atoms with van der Waals surface area (Å²) in [6, 6.07) is 0. The van der Waals surface area contributed by atoms with E-state index in [-0.39, 0.29) is 59.5 Å². The first-order valence-corrected chi connectivity index (χ1v) is 11.3. The molecule has 164 valence electrons. The van der Waals surface area contributed by atoms with Crippen molar-refractivity contribution >= 4 is 53.1 Å². The molecule has 0 spiro atoms. The molecule has 2 N–H and O–H groups in total. The second-order valence-corrected chi connectivity index (χ2v) is 9.23. The molecule has 1 aliphatic heterocycles. The Morgan fingerprint density at radius 1 is 1.20 bits per heavy atom. The maximum absolute atomic E-state index is 12.7. The Morgan fingerprint density at radius 3 is 2.40 bits per heavy atom. The molecular formula is C21H30IN5O2S. The molecule has 4 atom stereocenters. The maximum atomic E-state index is 12.7. The van der Waals surface area contributed by atoms with Gasteiger partial charge in [0.15, 0.2) is 5.96 Å². The topological polar surface area (TPSA) is 86.7 Å². The first kappa shape index (κ1) is 23.2. The van der Waals surface area contributed by atoms with Gasteiger partial charge in [-0.2, -0.15) is 0 Å². The minimum absolute atomic E-state index is 0. The molecule has 1 aromatic rings. The molecule has 3 aliphatic rings. The summed E-state index contributed by atoms with van der Waals surface area (Å²) < 4.78 is 0. The normalized spacial score (nSPS) is 27.1. The monoisotopic (exact) mass is 543 g/mol. The van der Waals surface area contributed by atoms with Crippen LogP contribution in [0.2, 0.25) is 0 Å². The van der Waals surface area contributed by atoms with Gasteiger partial charge < -0.3 is 10.6 Å². The van der Waals surface area contributed by atoms with Gasteiger partial charge >= 0.3 is 0 Å². The van der Waals surface area contributed by atoms with Crippen LogP contribution in [-0.4, -0.2) is 54.3 Å². The molecule has 0 aromatic carbocycles. The molecular weight excluding hydrogens is 513 g/mol. The van der Waals surface area contributed by atoms with Crippen molar-refractivity contribution in [1.82, 2.24) is 20.5 Å². The summed E-state index contributed by atoms with van der Waals surface area (Å²) in [5.41, 5.74) is 1.09. The highest BCUT2D eigenvalue weighted by Crippen LogP contribution is 2.52. The number of halogens is 1. The van der Waals surface area contributed by atoms with Gasteiger partial charge in [0, 0.05) is 44.4 Å². The number of rotatable bonds is 7. The predicted molar refractivity (Wildman–Crippen MR) is 129 cm³/mol. The molecule has 30 heavy (non-hydrogen) atoms. The number of nitrogens with one attached hydrogen (secondary N) is 2. The Kier molecular flexibility index (Phi) is 7.54. The summed E-state index contributed by atoms with van der Waals surface area (Å²) in [5, 5.41) is 9.75. The molecule has 2 fully saturated rings. The van der Waals surface area contributed by atoms with Gasteiger partial charge in [0.25, 0.3) is 0 Å². The second kappa shape index (κ2) is 9.76. The molecule has 2 aliphatic carbocycles. The summed E-state index contributed by atoms with van der Waals surface area (Å²) in [5.74, 6) is 1.42. The Bertz CT molecular complexity index is 822. The van der Waals surface area contributed by atoms with Crippen LogP contribution >= 0.6 is 35.3 Å². The van der Waals surface area contributed by atoms with Gasteiger partial charge in [-0.05, 0) is 18.3 Å². The van der Waals surface area contributed by atoms with Crippen LogP contribution in [0.5, 0.6) is 0 Å². The van der Waals surface area contributed by atoms with Gasteiger partial charge in [0.05, 0.1) is 22.5 Å². The molecule has 4 rings (SSSR count). The van der Waals surface area contributed by atoms with Crippen LogP contribution in [0.1, 0.15) is 36.9 Å². The first-order chi connectivity index (χ1) is 14.0. The number of allylic oxidation sites excluding steroid dienone is 2. The van der Waals surface area contributed by atoms with Crippen molar-refractivity contribution in [3.8, 4) is 0 Å². The number of fused-ring (bicyclic) bond motifs is 5. The van der Waals surface area contributed by atoms with E-state index in [1.54, 1.807) is 18.4 Å². The number of carbonyl (C=O) groups is 2. The smallest absolute Gasteiger partial charge is 0.233 e. The zero-order chi connectivity index (χ0) is 20.5. The van der Waals surface area contributed by atoms with Crippen molar-refractivity contribution in [2.75, 3.05) is 26.7 Å². The van der Waals surface area contributed by atoms with E-state index in [2.05, 4.69) is 52.0 Å². The number of hydrogen-bond acceptors (Lipinski definition) is 5. The lowest BCUT2D eigenvalue weighted by molar-refractivity contribution is -0.140. The van der Waals surface area contributed by atoms with Crippen molar-refractivity contribution in [3.05, 3.63) is 28.2 Å². The van der Waals surface area contributed by atoms with Crippen LogP contribution in [0.4, 0.5) is 0 Å². The fourth-order valence-electron chi connectivity index (χ4n) is 4.70. The number of carbonyl (C=O) groups excluding carboxylic acids is 2. The highest BCUT2D eigenvalue weighted by Gasteiger charge is 2.58. The van der Waals surface area contributed by atoms with E-state index in [1.165, 1.54) is 4.90 Å². The molecule has 0 radical (unpaired) electrons. The Labute approximate surface area is 198 Å². The van der Waals surface area contributed by atoms with Gasteiger partial charge in [0.1, 0.15) is 0 Å². The van der Waals surface area contributed by atoms with Gasteiger partial charge in [-0.15, -0.1) is 35.3 Å². The zero-order valence-electron chi connectivity index (χ0n) is 17.6. The van der Waals surface area contributed by atoms with Crippen LogP contribution in [0, 0.1) is 23.7 Å².